The SMILES string of the molecule is COc1ccc(Cl)cc1NC(=O)C[C@H]1Cn2ncnc2NC1=O. The van der Waals surface area contributed by atoms with Crippen molar-refractivity contribution in [2.75, 3.05) is 17.7 Å². The zero-order chi connectivity index (χ0) is 16.4. The molecule has 2 aromatic rings. The van der Waals surface area contributed by atoms with Crippen LogP contribution in [0, 0.1) is 5.92 Å². The summed E-state index contributed by atoms with van der Waals surface area (Å²) in [4.78, 5) is 28.1. The van der Waals surface area contributed by atoms with E-state index in [1.165, 1.54) is 13.4 Å². The highest BCUT2D eigenvalue weighted by Crippen LogP contribution is 2.28. The van der Waals surface area contributed by atoms with Gasteiger partial charge < -0.3 is 10.1 Å². The predicted octanol–water partition coefficient (Wildman–Crippen LogP) is 1.54. The number of benzene rings is 1. The molecule has 9 heteroatoms. The molecule has 2 N–H and O–H groups in total. The molecule has 1 aromatic carbocycles. The summed E-state index contributed by atoms with van der Waals surface area (Å²) in [5.74, 6) is -0.194. The van der Waals surface area contributed by atoms with Gasteiger partial charge in [0.05, 0.1) is 25.3 Å². The number of nitrogens with zero attached hydrogens (tertiary/aromatic N) is 3. The van der Waals surface area contributed by atoms with Gasteiger partial charge in [0.2, 0.25) is 17.8 Å². The van der Waals surface area contributed by atoms with E-state index in [0.29, 0.717) is 29.0 Å². The molecule has 0 spiro atoms. The van der Waals surface area contributed by atoms with Crippen LogP contribution in [0.1, 0.15) is 6.42 Å². The first-order valence-electron chi connectivity index (χ1n) is 6.89. The van der Waals surface area contributed by atoms with Crippen LogP contribution in [-0.2, 0) is 16.1 Å². The molecule has 0 saturated heterocycles. The van der Waals surface area contributed by atoms with E-state index in [-0.39, 0.29) is 18.2 Å². The largest absolute Gasteiger partial charge is 0.495 e. The van der Waals surface area contributed by atoms with Crippen molar-refractivity contribution in [2.24, 2.45) is 5.92 Å². The van der Waals surface area contributed by atoms with Crippen LogP contribution < -0.4 is 15.4 Å². The summed E-state index contributed by atoms with van der Waals surface area (Å²) in [6.45, 7) is 0.307. The minimum absolute atomic E-state index is 0.0147. The maximum atomic E-state index is 12.2. The van der Waals surface area contributed by atoms with E-state index in [4.69, 9.17) is 16.3 Å². The maximum Gasteiger partial charge on any atom is 0.232 e. The second-order valence-electron chi connectivity index (χ2n) is 5.05. The first-order chi connectivity index (χ1) is 11.1. The molecule has 0 saturated carbocycles. The summed E-state index contributed by atoms with van der Waals surface area (Å²) in [6, 6.07) is 4.92. The lowest BCUT2D eigenvalue weighted by molar-refractivity contribution is -0.126. The fourth-order valence-corrected chi connectivity index (χ4v) is 2.53. The van der Waals surface area contributed by atoms with E-state index >= 15 is 0 Å². The lowest BCUT2D eigenvalue weighted by atomic mass is 10.0. The lowest BCUT2D eigenvalue weighted by Crippen LogP contribution is -2.36. The Hall–Kier alpha value is -2.61. The third-order valence-corrected chi connectivity index (χ3v) is 3.72. The van der Waals surface area contributed by atoms with E-state index in [1.54, 1.807) is 22.9 Å². The predicted molar refractivity (Wildman–Crippen MR) is 83.4 cm³/mol. The van der Waals surface area contributed by atoms with Crippen LogP contribution in [0.25, 0.3) is 0 Å². The quantitative estimate of drug-likeness (QED) is 0.883. The molecule has 8 nitrogen and oxygen atoms in total. The number of halogens is 1. The fourth-order valence-electron chi connectivity index (χ4n) is 2.36. The average molecular weight is 336 g/mol. The van der Waals surface area contributed by atoms with Crippen molar-refractivity contribution in [3.63, 3.8) is 0 Å². The van der Waals surface area contributed by atoms with Crippen LogP contribution in [0.2, 0.25) is 5.02 Å². The molecule has 3 rings (SSSR count). The van der Waals surface area contributed by atoms with Gasteiger partial charge in [-0.3, -0.25) is 14.9 Å². The number of hydrogen-bond acceptors (Lipinski definition) is 5. The molecule has 1 aliphatic heterocycles. The monoisotopic (exact) mass is 335 g/mol. The third-order valence-electron chi connectivity index (χ3n) is 3.48. The zero-order valence-corrected chi connectivity index (χ0v) is 13.0. The number of rotatable bonds is 4. The summed E-state index contributed by atoms with van der Waals surface area (Å²) in [6.07, 6.45) is 1.37. The molecule has 2 amide bonds. The molecule has 23 heavy (non-hydrogen) atoms. The summed E-state index contributed by atoms with van der Waals surface area (Å²) in [7, 11) is 1.50. The minimum atomic E-state index is -0.519. The summed E-state index contributed by atoms with van der Waals surface area (Å²) in [5, 5.41) is 9.80. The molecule has 2 heterocycles. The van der Waals surface area contributed by atoms with Gasteiger partial charge in [-0.15, -0.1) is 0 Å². The van der Waals surface area contributed by atoms with Gasteiger partial charge in [0.15, 0.2) is 0 Å². The van der Waals surface area contributed by atoms with Gasteiger partial charge in [0, 0.05) is 11.4 Å². The zero-order valence-electron chi connectivity index (χ0n) is 12.2. The van der Waals surface area contributed by atoms with Crippen molar-refractivity contribution < 1.29 is 14.3 Å². The molecule has 0 fully saturated rings. The number of nitrogens with one attached hydrogen (secondary N) is 2. The van der Waals surface area contributed by atoms with Crippen molar-refractivity contribution in [2.45, 2.75) is 13.0 Å². The summed E-state index contributed by atoms with van der Waals surface area (Å²) in [5.41, 5.74) is 0.461. The summed E-state index contributed by atoms with van der Waals surface area (Å²) < 4.78 is 6.73. The number of aromatic nitrogens is 3. The molecule has 0 aliphatic carbocycles. The van der Waals surface area contributed by atoms with E-state index < -0.39 is 5.92 Å². The first-order valence-corrected chi connectivity index (χ1v) is 7.26. The van der Waals surface area contributed by atoms with Gasteiger partial charge in [-0.25, -0.2) is 4.68 Å². The van der Waals surface area contributed by atoms with Crippen molar-refractivity contribution in [3.8, 4) is 5.75 Å². The number of amides is 2. The number of fused-ring (bicyclic) bond motifs is 1. The Kier molecular flexibility index (Phi) is 4.16. The second-order valence-corrected chi connectivity index (χ2v) is 5.49. The van der Waals surface area contributed by atoms with E-state index in [0.717, 1.165) is 0 Å². The van der Waals surface area contributed by atoms with E-state index in [1.807, 2.05) is 0 Å². The molecule has 1 atom stereocenters. The average Bonchev–Trinajstić information content (AvgIpc) is 2.95. The Labute approximate surface area is 136 Å². The molecule has 0 unspecified atom stereocenters. The van der Waals surface area contributed by atoms with Crippen molar-refractivity contribution in [1.29, 1.82) is 0 Å². The molecule has 1 aliphatic rings. The topological polar surface area (TPSA) is 98.1 Å². The van der Waals surface area contributed by atoms with E-state index in [2.05, 4.69) is 20.7 Å². The molecule has 0 bridgehead atoms. The van der Waals surface area contributed by atoms with Crippen LogP contribution in [-0.4, -0.2) is 33.7 Å². The van der Waals surface area contributed by atoms with Gasteiger partial charge >= 0.3 is 0 Å². The van der Waals surface area contributed by atoms with Crippen LogP contribution in [0.15, 0.2) is 24.5 Å². The molecular formula is C14H14ClN5O3. The van der Waals surface area contributed by atoms with Crippen molar-refractivity contribution >= 4 is 35.1 Å². The maximum absolute atomic E-state index is 12.2. The van der Waals surface area contributed by atoms with E-state index in [9.17, 15) is 9.59 Å². The Balaban J connectivity index is 1.68. The summed E-state index contributed by atoms with van der Waals surface area (Å²) >= 11 is 5.93. The number of carbonyl (C=O) groups excluding carboxylic acids is 2. The number of methoxy groups -OCH3 is 1. The third kappa shape index (κ3) is 3.26. The Bertz CT molecular complexity index is 761. The number of hydrogen-bond donors (Lipinski definition) is 2. The molecule has 120 valence electrons. The van der Waals surface area contributed by atoms with Gasteiger partial charge in [-0.1, -0.05) is 11.6 Å². The lowest BCUT2D eigenvalue weighted by Gasteiger charge is -2.22. The van der Waals surface area contributed by atoms with Crippen molar-refractivity contribution in [1.82, 2.24) is 14.8 Å². The van der Waals surface area contributed by atoms with Gasteiger partial charge in [0.25, 0.3) is 0 Å². The molecule has 0 radical (unpaired) electrons. The normalized spacial score (nSPS) is 16.4. The second kappa shape index (κ2) is 6.25. The van der Waals surface area contributed by atoms with Crippen LogP contribution in [0.4, 0.5) is 11.6 Å². The van der Waals surface area contributed by atoms with Gasteiger partial charge in [-0.05, 0) is 18.2 Å². The number of anilines is 2. The number of ether oxygens (including phenoxy) is 1. The highest BCUT2D eigenvalue weighted by molar-refractivity contribution is 6.31. The highest BCUT2D eigenvalue weighted by atomic mass is 35.5. The molecule has 1 aromatic heterocycles. The standard InChI is InChI=1S/C14H14ClN5O3/c1-23-11-3-2-9(15)5-10(11)18-12(21)4-8-6-20-14(16-7-17-20)19-13(8)22/h2-3,5,7-8H,4,6H2,1H3,(H,18,21)(H,16,17,19,22)/t8-/m0/s1. The number of carbonyl (C=O) groups is 2. The minimum Gasteiger partial charge on any atom is -0.495 e. The smallest absolute Gasteiger partial charge is 0.232 e. The van der Waals surface area contributed by atoms with Gasteiger partial charge in [0.1, 0.15) is 12.1 Å². The van der Waals surface area contributed by atoms with Crippen LogP contribution in [0.3, 0.4) is 0 Å². The Morgan fingerprint density at radius 1 is 1.57 bits per heavy atom. The Morgan fingerprint density at radius 3 is 3.17 bits per heavy atom. The van der Waals surface area contributed by atoms with Crippen molar-refractivity contribution in [3.05, 3.63) is 29.5 Å². The van der Waals surface area contributed by atoms with Crippen LogP contribution in [0.5, 0.6) is 5.75 Å². The molecular weight excluding hydrogens is 322 g/mol. The first kappa shape index (κ1) is 15.3. The Morgan fingerprint density at radius 2 is 2.39 bits per heavy atom. The fraction of sp³-hybridized carbons (Fsp3) is 0.286. The van der Waals surface area contributed by atoms with Crippen LogP contribution >= 0.6 is 11.6 Å². The highest BCUT2D eigenvalue weighted by Gasteiger charge is 2.29. The van der Waals surface area contributed by atoms with Gasteiger partial charge in [-0.2, -0.15) is 10.1 Å².